The molecule has 88 heavy (non-hydrogen) atoms. The minimum Gasteiger partial charge on any atom is -0.454 e. The second kappa shape index (κ2) is 32.5. The fraction of sp³-hybridized carbons (Fsp3) is 0.389. The average molecular weight is 1220 g/mol. The van der Waals surface area contributed by atoms with Crippen LogP contribution in [0.5, 0.6) is 0 Å². The van der Waals surface area contributed by atoms with Crippen LogP contribution >= 0.6 is 0 Å². The number of likely N-dealkylation sites (N-methyl/N-ethyl adjacent to an activating group) is 1. The Morgan fingerprint density at radius 1 is 0.466 bits per heavy atom. The van der Waals surface area contributed by atoms with Gasteiger partial charge in [-0.25, -0.2) is 4.79 Å². The summed E-state index contributed by atoms with van der Waals surface area (Å²) in [7, 11) is -0.807. The minimum absolute atomic E-state index is 0.0175. The molecular weight excluding hydrogens is 1130 g/mol. The van der Waals surface area contributed by atoms with Crippen molar-refractivity contribution in [2.24, 2.45) is 0 Å². The second-order valence-corrected chi connectivity index (χ2v) is 28.6. The average Bonchev–Trinajstić information content (AvgIpc) is 1.12. The van der Waals surface area contributed by atoms with Gasteiger partial charge in [0.25, 0.3) is 0 Å². The van der Waals surface area contributed by atoms with E-state index in [4.69, 9.17) is 56.5 Å². The van der Waals surface area contributed by atoms with E-state index in [0.29, 0.717) is 0 Å². The van der Waals surface area contributed by atoms with Crippen molar-refractivity contribution in [3.63, 3.8) is 0 Å². The van der Waals surface area contributed by atoms with Gasteiger partial charge in [-0.2, -0.15) is 0 Å². The summed E-state index contributed by atoms with van der Waals surface area (Å²) in [5, 5.41) is -0.171. The van der Waals surface area contributed by atoms with Crippen LogP contribution in [-0.4, -0.2) is 113 Å². The van der Waals surface area contributed by atoms with Crippen LogP contribution in [0.3, 0.4) is 0 Å². The Kier molecular flexibility index (Phi) is 24.2. The van der Waals surface area contributed by atoms with Gasteiger partial charge in [0.05, 0.1) is 58.9 Å². The summed E-state index contributed by atoms with van der Waals surface area (Å²) in [6, 6.07) is 67.3. The Balaban J connectivity index is 1.17. The van der Waals surface area contributed by atoms with E-state index in [2.05, 4.69) is 33.9 Å². The van der Waals surface area contributed by atoms with Crippen LogP contribution in [0.25, 0.3) is 0 Å². The number of hydrogen-bond acceptors (Lipinski definition) is 14. The molecule has 0 spiro atoms. The maximum Gasteiger partial charge on any atom is 0.410 e. The molecule has 1 amide bonds. The molecular formula is C72H85NO14Si. The van der Waals surface area contributed by atoms with E-state index < -0.39 is 87.8 Å². The zero-order valence-corrected chi connectivity index (χ0v) is 52.6. The Labute approximate surface area is 520 Å². The quantitative estimate of drug-likeness (QED) is 0.0323. The lowest BCUT2D eigenvalue weighted by atomic mass is 9.92. The molecule has 0 radical (unpaired) electrons. The molecule has 0 aromatic heterocycles. The molecule has 9 rings (SSSR count). The molecule has 2 saturated heterocycles. The van der Waals surface area contributed by atoms with Gasteiger partial charge in [-0.3, -0.25) is 4.79 Å². The van der Waals surface area contributed by atoms with E-state index in [1.165, 1.54) is 11.8 Å². The molecule has 7 aromatic rings. The first-order valence-corrected chi connectivity index (χ1v) is 33.2. The van der Waals surface area contributed by atoms with Gasteiger partial charge in [0.1, 0.15) is 49.3 Å². The third kappa shape index (κ3) is 18.8. The first-order valence-electron chi connectivity index (χ1n) is 30.3. The standard InChI is InChI=1S/C72H85NO14Si/c1-52(74)84-68-65(79-46-56-35-21-11-22-36-56)63(77-44-54-31-17-9-18-32-54)61(51-83-88(6,7)72(2,3)4)85-70(68)87-67-66(80-47-57-37-23-12-24-38-57)64(78-45-55-33-19-10-20-34-55)62(86-69(67)81-48-58-39-25-13-26-40-58)60(50-76-43-53-29-15-8-16-30-53)73(5)71(75)82-49-59-41-27-14-28-42-59/h8-42,60-70H,43-51H2,1-7H3/t60-,61-,62-,63-,64-,65+,66+,67-,68+,69+,70-/m1/s1. The molecule has 11 atom stereocenters. The normalized spacial score (nSPS) is 22.5. The summed E-state index contributed by atoms with van der Waals surface area (Å²) in [5.74, 6) is -0.605. The fourth-order valence-electron chi connectivity index (χ4n) is 10.4. The third-order valence-corrected chi connectivity index (χ3v) is 20.8. The molecule has 2 aliphatic heterocycles. The lowest BCUT2D eigenvalue weighted by Gasteiger charge is -2.51. The molecule has 0 N–H and O–H groups in total. The van der Waals surface area contributed by atoms with Gasteiger partial charge in [-0.1, -0.05) is 233 Å². The highest BCUT2D eigenvalue weighted by Gasteiger charge is 2.57. The van der Waals surface area contributed by atoms with E-state index in [-0.39, 0.29) is 64.5 Å². The van der Waals surface area contributed by atoms with E-state index in [1.54, 1.807) is 7.05 Å². The number of esters is 1. The second-order valence-electron chi connectivity index (χ2n) is 23.8. The van der Waals surface area contributed by atoms with Gasteiger partial charge in [0, 0.05) is 14.0 Å². The number of carbonyl (C=O) groups is 2. The van der Waals surface area contributed by atoms with Crippen molar-refractivity contribution in [2.75, 3.05) is 20.3 Å². The number of amides is 1. The highest BCUT2D eigenvalue weighted by atomic mass is 28.4. The Hall–Kier alpha value is -6.90. The van der Waals surface area contributed by atoms with Gasteiger partial charge in [0.15, 0.2) is 27.0 Å². The zero-order valence-electron chi connectivity index (χ0n) is 51.6. The smallest absolute Gasteiger partial charge is 0.410 e. The first-order chi connectivity index (χ1) is 42.7. The largest absolute Gasteiger partial charge is 0.454 e. The first kappa shape index (κ1) is 65.5. The van der Waals surface area contributed by atoms with Gasteiger partial charge in [-0.05, 0) is 57.1 Å². The molecule has 2 aliphatic rings. The van der Waals surface area contributed by atoms with Gasteiger partial charge < -0.3 is 61.4 Å². The topological polar surface area (TPSA) is 148 Å². The van der Waals surface area contributed by atoms with Crippen LogP contribution < -0.4 is 0 Å². The monoisotopic (exact) mass is 1220 g/mol. The minimum atomic E-state index is -2.47. The summed E-state index contributed by atoms with van der Waals surface area (Å²) in [5.41, 5.74) is 6.12. The summed E-state index contributed by atoms with van der Waals surface area (Å²) < 4.78 is 84.0. The fourth-order valence-corrected chi connectivity index (χ4v) is 11.4. The molecule has 0 bridgehead atoms. The van der Waals surface area contributed by atoms with Crippen molar-refractivity contribution in [1.29, 1.82) is 0 Å². The van der Waals surface area contributed by atoms with E-state index in [0.717, 1.165) is 38.9 Å². The molecule has 0 unspecified atom stereocenters. The lowest BCUT2D eigenvalue weighted by molar-refractivity contribution is -0.381. The van der Waals surface area contributed by atoms with Crippen molar-refractivity contribution >= 4 is 20.4 Å². The van der Waals surface area contributed by atoms with Crippen LogP contribution in [-0.2, 0) is 108 Å². The van der Waals surface area contributed by atoms with Gasteiger partial charge >= 0.3 is 12.1 Å². The summed E-state index contributed by atoms with van der Waals surface area (Å²) >= 11 is 0. The van der Waals surface area contributed by atoms with Gasteiger partial charge in [-0.15, -0.1) is 0 Å². The number of ether oxygens (including phenoxy) is 11. The Bertz CT molecular complexity index is 3130. The maximum absolute atomic E-state index is 14.7. The van der Waals surface area contributed by atoms with Crippen molar-refractivity contribution < 1.29 is 66.1 Å². The zero-order chi connectivity index (χ0) is 61.7. The lowest BCUT2D eigenvalue weighted by Crippen LogP contribution is -2.69. The molecule has 0 saturated carbocycles. The molecule has 7 aromatic carbocycles. The molecule has 0 aliphatic carbocycles. The van der Waals surface area contributed by atoms with Crippen LogP contribution in [0.15, 0.2) is 212 Å². The summed E-state index contributed by atoms with van der Waals surface area (Å²) in [6.45, 7) is 13.1. The number of rotatable bonds is 29. The third-order valence-electron chi connectivity index (χ3n) is 16.3. The SMILES string of the molecule is CC(=O)O[C@@H]1[C@@H](O[C@H]2[C@@H](OCc3ccccc3)O[C@H]([C@@H](COCc3ccccc3)N(C)C(=O)OCc3ccccc3)[C@@H](OCc3ccccc3)[C@@H]2OCc2ccccc2)O[C@H](CO[Si](C)(C)C(C)(C)C)[C@@H](OCc2ccccc2)[C@@H]1OCc1ccccc1. The maximum atomic E-state index is 14.7. The van der Waals surface area contributed by atoms with E-state index in [9.17, 15) is 9.59 Å². The number of nitrogens with zero attached hydrogens (tertiary/aromatic N) is 1. The van der Waals surface area contributed by atoms with Crippen molar-refractivity contribution in [2.45, 2.75) is 160 Å². The Morgan fingerprint density at radius 3 is 1.26 bits per heavy atom. The van der Waals surface area contributed by atoms with Crippen molar-refractivity contribution in [3.8, 4) is 0 Å². The van der Waals surface area contributed by atoms with E-state index in [1.807, 2.05) is 212 Å². The number of hydrogen-bond donors (Lipinski definition) is 0. The predicted octanol–water partition coefficient (Wildman–Crippen LogP) is 13.2. The predicted molar refractivity (Wildman–Crippen MR) is 336 cm³/mol. The molecule has 2 fully saturated rings. The van der Waals surface area contributed by atoms with Crippen molar-refractivity contribution in [3.05, 3.63) is 251 Å². The highest BCUT2D eigenvalue weighted by Crippen LogP contribution is 2.41. The van der Waals surface area contributed by atoms with Gasteiger partial charge in [0.2, 0.25) is 0 Å². The molecule has 466 valence electrons. The highest BCUT2D eigenvalue weighted by molar-refractivity contribution is 6.74. The van der Waals surface area contributed by atoms with Crippen LogP contribution in [0, 0.1) is 0 Å². The van der Waals surface area contributed by atoms with Crippen molar-refractivity contribution in [1.82, 2.24) is 4.90 Å². The molecule has 16 heteroatoms. The van der Waals surface area contributed by atoms with Crippen LogP contribution in [0.4, 0.5) is 4.79 Å². The summed E-state index contributed by atoms with van der Waals surface area (Å²) in [4.78, 5) is 29.9. The van der Waals surface area contributed by atoms with Crippen LogP contribution in [0.1, 0.15) is 66.6 Å². The number of carbonyl (C=O) groups excluding carboxylic acids is 2. The molecule has 2 heterocycles. The molecule has 15 nitrogen and oxygen atoms in total. The van der Waals surface area contributed by atoms with Crippen LogP contribution in [0.2, 0.25) is 18.1 Å². The number of benzene rings is 7. The van der Waals surface area contributed by atoms with E-state index >= 15 is 0 Å². The summed E-state index contributed by atoms with van der Waals surface area (Å²) in [6.07, 6.45) is -11.7. The Morgan fingerprint density at radius 2 is 0.841 bits per heavy atom.